The Kier molecular flexibility index (Phi) is 5.73. The highest BCUT2D eigenvalue weighted by Gasteiger charge is 2.21. The van der Waals surface area contributed by atoms with Crippen LogP contribution < -0.4 is 10.6 Å². The summed E-state index contributed by atoms with van der Waals surface area (Å²) in [6.45, 7) is 3.75. The van der Waals surface area contributed by atoms with Crippen LogP contribution >= 0.6 is 0 Å². The second kappa shape index (κ2) is 8.57. The number of hydrogen-bond acceptors (Lipinski definition) is 8. The average Bonchev–Trinajstić information content (AvgIpc) is 3.36. The summed E-state index contributed by atoms with van der Waals surface area (Å²) in [6, 6.07) is 4.16. The van der Waals surface area contributed by atoms with Crippen molar-refractivity contribution >= 4 is 22.9 Å². The molecule has 9 heteroatoms. The molecule has 0 amide bonds. The first-order chi connectivity index (χ1) is 13.7. The van der Waals surface area contributed by atoms with E-state index in [1.807, 2.05) is 32.6 Å². The first-order valence-electron chi connectivity index (χ1n) is 9.68. The molecule has 4 rings (SSSR count). The van der Waals surface area contributed by atoms with Crippen molar-refractivity contribution in [2.45, 2.75) is 25.4 Å². The molecule has 2 N–H and O–H groups in total. The van der Waals surface area contributed by atoms with Gasteiger partial charge in [0.2, 0.25) is 5.95 Å². The number of aromatic nitrogens is 4. The van der Waals surface area contributed by atoms with Crippen molar-refractivity contribution < 1.29 is 9.15 Å². The van der Waals surface area contributed by atoms with Gasteiger partial charge in [-0.2, -0.15) is 9.97 Å². The van der Waals surface area contributed by atoms with E-state index in [2.05, 4.69) is 30.1 Å². The molecule has 1 aliphatic heterocycles. The molecule has 4 heterocycles. The number of ether oxygens (including phenoxy) is 1. The lowest BCUT2D eigenvalue weighted by Gasteiger charge is -2.23. The first-order valence-corrected chi connectivity index (χ1v) is 9.68. The van der Waals surface area contributed by atoms with E-state index >= 15 is 0 Å². The van der Waals surface area contributed by atoms with E-state index in [1.54, 1.807) is 6.26 Å². The molecule has 0 unspecified atom stereocenters. The van der Waals surface area contributed by atoms with Gasteiger partial charge < -0.3 is 29.3 Å². The number of furan rings is 1. The molecule has 9 nitrogen and oxygen atoms in total. The van der Waals surface area contributed by atoms with Crippen LogP contribution in [0.25, 0.3) is 11.2 Å². The predicted molar refractivity (Wildman–Crippen MR) is 107 cm³/mol. The van der Waals surface area contributed by atoms with Gasteiger partial charge in [-0.15, -0.1) is 0 Å². The van der Waals surface area contributed by atoms with Crippen molar-refractivity contribution in [2.24, 2.45) is 0 Å². The maximum absolute atomic E-state index is 5.51. The highest BCUT2D eigenvalue weighted by Crippen LogP contribution is 2.28. The fourth-order valence-corrected chi connectivity index (χ4v) is 3.32. The van der Waals surface area contributed by atoms with E-state index < -0.39 is 0 Å². The third-order valence-electron chi connectivity index (χ3n) is 4.86. The third-order valence-corrected chi connectivity index (χ3v) is 4.86. The summed E-state index contributed by atoms with van der Waals surface area (Å²) in [7, 11) is 4.09. The average molecular weight is 385 g/mol. The predicted octanol–water partition coefficient (Wildman–Crippen LogP) is 2.36. The van der Waals surface area contributed by atoms with Crippen molar-refractivity contribution in [1.29, 1.82) is 0 Å². The van der Waals surface area contributed by atoms with Crippen LogP contribution in [0.2, 0.25) is 0 Å². The summed E-state index contributed by atoms with van der Waals surface area (Å²) in [5, 5.41) is 6.68. The Hall–Kier alpha value is -2.65. The van der Waals surface area contributed by atoms with Crippen molar-refractivity contribution in [3.05, 3.63) is 30.5 Å². The minimum absolute atomic E-state index is 0.348. The Morgan fingerprint density at radius 1 is 1.21 bits per heavy atom. The number of hydrogen-bond donors (Lipinski definition) is 2. The number of anilines is 2. The van der Waals surface area contributed by atoms with Gasteiger partial charge in [0.25, 0.3) is 0 Å². The zero-order chi connectivity index (χ0) is 19.3. The highest BCUT2D eigenvalue weighted by molar-refractivity contribution is 5.84. The number of rotatable bonds is 8. The van der Waals surface area contributed by atoms with Crippen molar-refractivity contribution in [1.82, 2.24) is 24.4 Å². The Balaban J connectivity index is 1.63. The molecular formula is C19H27N7O2. The standard InChI is InChI=1S/C19H27N7O2/c1-25(2)8-7-20-19-23-17(21-12-15-4-3-9-28-15)16-18(24-19)26(13-22-16)14-5-10-27-11-6-14/h3-4,9,13-14H,5-8,10-12H2,1-2H3,(H2,20,21,23,24). The van der Waals surface area contributed by atoms with Gasteiger partial charge >= 0.3 is 0 Å². The van der Waals surface area contributed by atoms with Crippen LogP contribution in [0, 0.1) is 0 Å². The molecule has 0 saturated carbocycles. The quantitative estimate of drug-likeness (QED) is 0.610. The zero-order valence-corrected chi connectivity index (χ0v) is 16.4. The third kappa shape index (κ3) is 4.26. The number of likely N-dealkylation sites (N-methyl/N-ethyl adjacent to an activating group) is 1. The number of fused-ring (bicyclic) bond motifs is 1. The lowest BCUT2D eigenvalue weighted by Crippen LogP contribution is -2.22. The maximum atomic E-state index is 5.51. The number of nitrogens with one attached hydrogen (secondary N) is 2. The number of nitrogens with zero attached hydrogens (tertiary/aromatic N) is 5. The van der Waals surface area contributed by atoms with Gasteiger partial charge in [0, 0.05) is 32.3 Å². The molecule has 0 radical (unpaired) electrons. The van der Waals surface area contributed by atoms with E-state index in [1.165, 1.54) is 0 Å². The summed E-state index contributed by atoms with van der Waals surface area (Å²) < 4.78 is 13.1. The summed E-state index contributed by atoms with van der Waals surface area (Å²) in [5.41, 5.74) is 1.62. The molecule has 150 valence electrons. The lowest BCUT2D eigenvalue weighted by molar-refractivity contribution is 0.0704. The number of imidazole rings is 1. The van der Waals surface area contributed by atoms with Gasteiger partial charge in [0.05, 0.1) is 19.1 Å². The SMILES string of the molecule is CN(C)CCNc1nc(NCc2ccco2)c2ncn(C3CCOCC3)c2n1. The summed E-state index contributed by atoms with van der Waals surface area (Å²) in [6.07, 6.45) is 5.47. The van der Waals surface area contributed by atoms with Crippen LogP contribution in [-0.4, -0.2) is 64.8 Å². The fraction of sp³-hybridized carbons (Fsp3) is 0.526. The second-order valence-electron chi connectivity index (χ2n) is 7.23. The molecule has 1 saturated heterocycles. The highest BCUT2D eigenvalue weighted by atomic mass is 16.5. The van der Waals surface area contributed by atoms with E-state index in [9.17, 15) is 0 Å². The first kappa shape index (κ1) is 18.7. The topological polar surface area (TPSA) is 93.3 Å². The molecule has 3 aromatic rings. The van der Waals surface area contributed by atoms with E-state index in [0.29, 0.717) is 24.4 Å². The minimum atomic E-state index is 0.348. The Labute approximate surface area is 164 Å². The normalized spacial score (nSPS) is 15.4. The lowest BCUT2D eigenvalue weighted by atomic mass is 10.1. The van der Waals surface area contributed by atoms with Gasteiger partial charge in [0.15, 0.2) is 17.0 Å². The monoisotopic (exact) mass is 385 g/mol. The molecular weight excluding hydrogens is 358 g/mol. The van der Waals surface area contributed by atoms with Crippen molar-refractivity contribution in [2.75, 3.05) is 51.0 Å². The van der Waals surface area contributed by atoms with Crippen molar-refractivity contribution in [3.8, 4) is 0 Å². The minimum Gasteiger partial charge on any atom is -0.467 e. The van der Waals surface area contributed by atoms with Crippen LogP contribution in [0.1, 0.15) is 24.6 Å². The second-order valence-corrected chi connectivity index (χ2v) is 7.23. The largest absolute Gasteiger partial charge is 0.467 e. The molecule has 1 aliphatic rings. The molecule has 0 atom stereocenters. The van der Waals surface area contributed by atoms with Crippen LogP contribution in [0.3, 0.4) is 0 Å². The van der Waals surface area contributed by atoms with Gasteiger partial charge in [-0.25, -0.2) is 4.98 Å². The molecule has 3 aromatic heterocycles. The fourth-order valence-electron chi connectivity index (χ4n) is 3.32. The van der Waals surface area contributed by atoms with Crippen LogP contribution in [0.5, 0.6) is 0 Å². The van der Waals surface area contributed by atoms with E-state index in [4.69, 9.17) is 14.1 Å². The van der Waals surface area contributed by atoms with Crippen LogP contribution in [-0.2, 0) is 11.3 Å². The summed E-state index contributed by atoms with van der Waals surface area (Å²) >= 11 is 0. The molecule has 1 fully saturated rings. The Bertz CT molecular complexity index is 885. The Morgan fingerprint density at radius 3 is 2.82 bits per heavy atom. The molecule has 0 aromatic carbocycles. The maximum Gasteiger partial charge on any atom is 0.226 e. The van der Waals surface area contributed by atoms with Crippen LogP contribution in [0.4, 0.5) is 11.8 Å². The molecule has 28 heavy (non-hydrogen) atoms. The van der Waals surface area contributed by atoms with E-state index in [-0.39, 0.29) is 0 Å². The van der Waals surface area contributed by atoms with Gasteiger partial charge in [0.1, 0.15) is 5.76 Å². The molecule has 0 bridgehead atoms. The van der Waals surface area contributed by atoms with E-state index in [0.717, 1.165) is 56.1 Å². The van der Waals surface area contributed by atoms with Gasteiger partial charge in [-0.05, 0) is 39.1 Å². The summed E-state index contributed by atoms with van der Waals surface area (Å²) in [5.74, 6) is 2.16. The van der Waals surface area contributed by atoms with Crippen LogP contribution in [0.15, 0.2) is 29.1 Å². The zero-order valence-electron chi connectivity index (χ0n) is 16.4. The molecule has 0 spiro atoms. The molecule has 0 aliphatic carbocycles. The van der Waals surface area contributed by atoms with Gasteiger partial charge in [-0.3, -0.25) is 0 Å². The Morgan fingerprint density at radius 2 is 2.07 bits per heavy atom. The van der Waals surface area contributed by atoms with Crippen molar-refractivity contribution in [3.63, 3.8) is 0 Å². The smallest absolute Gasteiger partial charge is 0.226 e. The summed E-state index contributed by atoms with van der Waals surface area (Å²) in [4.78, 5) is 16.2. The van der Waals surface area contributed by atoms with Gasteiger partial charge in [-0.1, -0.05) is 0 Å².